The molecule has 30 heavy (non-hydrogen) atoms. The molecule has 0 aliphatic carbocycles. The number of urea groups is 1. The molecule has 0 spiro atoms. The Morgan fingerprint density at radius 3 is 2.57 bits per heavy atom. The number of nitrogens with one attached hydrogen (secondary N) is 1. The molecule has 0 saturated carbocycles. The van der Waals surface area contributed by atoms with Gasteiger partial charge in [0.05, 0.1) is 16.8 Å². The molecular formula is C21H17Br2ClN2O4. The van der Waals surface area contributed by atoms with Gasteiger partial charge in [-0.3, -0.25) is 14.9 Å². The second-order valence-corrected chi connectivity index (χ2v) is 8.72. The number of hydrogen-bond donors (Lipinski definition) is 1. The van der Waals surface area contributed by atoms with E-state index in [0.29, 0.717) is 27.4 Å². The Hall–Kier alpha value is -2.16. The number of carbonyl (C=O) groups excluding carboxylic acids is 3. The monoisotopic (exact) mass is 554 g/mol. The number of benzene rings is 2. The summed E-state index contributed by atoms with van der Waals surface area (Å²) in [4.78, 5) is 38.9. The molecule has 0 aromatic heterocycles. The van der Waals surface area contributed by atoms with Crippen LogP contribution in [-0.4, -0.2) is 24.5 Å². The summed E-state index contributed by atoms with van der Waals surface area (Å²) in [6.45, 7) is 4.24. The number of rotatable bonds is 5. The molecule has 1 saturated heterocycles. The van der Waals surface area contributed by atoms with E-state index in [2.05, 4.69) is 37.2 Å². The van der Waals surface area contributed by atoms with Crippen molar-refractivity contribution < 1.29 is 19.1 Å². The highest BCUT2D eigenvalue weighted by molar-refractivity contribution is 9.11. The number of barbiturate groups is 1. The minimum atomic E-state index is -0.833. The van der Waals surface area contributed by atoms with Crippen molar-refractivity contribution in [3.05, 3.63) is 61.0 Å². The minimum Gasteiger partial charge on any atom is -0.492 e. The van der Waals surface area contributed by atoms with Gasteiger partial charge in [-0.1, -0.05) is 40.5 Å². The number of carbonyl (C=O) groups is 3. The van der Waals surface area contributed by atoms with Crippen molar-refractivity contribution in [3.63, 3.8) is 0 Å². The molecule has 9 heteroatoms. The second-order valence-electron chi connectivity index (χ2n) is 6.55. The maximum Gasteiger partial charge on any atom is 0.335 e. The lowest BCUT2D eigenvalue weighted by Gasteiger charge is -2.26. The SMILES string of the molecule is CCCOc1c(Br)cc(Br)cc1/C=C1\C(=O)NC(=O)N(c2ccc(C)c(Cl)c2)C1=O. The summed E-state index contributed by atoms with van der Waals surface area (Å²) in [5.74, 6) is -1.03. The first-order chi connectivity index (χ1) is 14.2. The van der Waals surface area contributed by atoms with Crippen LogP contribution in [0.2, 0.25) is 5.02 Å². The number of amides is 4. The molecule has 2 aromatic rings. The van der Waals surface area contributed by atoms with Crippen LogP contribution in [0.3, 0.4) is 0 Å². The van der Waals surface area contributed by atoms with Gasteiger partial charge in [-0.15, -0.1) is 0 Å². The van der Waals surface area contributed by atoms with Crippen LogP contribution >= 0.6 is 43.5 Å². The molecule has 1 aliphatic rings. The summed E-state index contributed by atoms with van der Waals surface area (Å²) in [5.41, 5.74) is 1.38. The molecule has 0 radical (unpaired) electrons. The van der Waals surface area contributed by atoms with Crippen molar-refractivity contribution in [1.29, 1.82) is 0 Å². The van der Waals surface area contributed by atoms with Crippen molar-refractivity contribution in [2.45, 2.75) is 20.3 Å². The summed E-state index contributed by atoms with van der Waals surface area (Å²) in [6.07, 6.45) is 2.20. The van der Waals surface area contributed by atoms with Gasteiger partial charge >= 0.3 is 6.03 Å². The fraction of sp³-hybridized carbons (Fsp3) is 0.190. The zero-order valence-electron chi connectivity index (χ0n) is 16.1. The largest absolute Gasteiger partial charge is 0.492 e. The zero-order chi connectivity index (χ0) is 22.0. The Balaban J connectivity index is 2.08. The molecule has 1 heterocycles. The zero-order valence-corrected chi connectivity index (χ0v) is 20.0. The van der Waals surface area contributed by atoms with Crippen molar-refractivity contribution >= 4 is 73.1 Å². The van der Waals surface area contributed by atoms with E-state index in [4.69, 9.17) is 16.3 Å². The average Bonchev–Trinajstić information content (AvgIpc) is 2.67. The summed E-state index contributed by atoms with van der Waals surface area (Å²) >= 11 is 13.0. The van der Waals surface area contributed by atoms with Crippen LogP contribution in [0.4, 0.5) is 10.5 Å². The van der Waals surface area contributed by atoms with Gasteiger partial charge < -0.3 is 4.74 Å². The van der Waals surface area contributed by atoms with E-state index in [1.807, 2.05) is 13.8 Å². The first-order valence-electron chi connectivity index (χ1n) is 9.02. The van der Waals surface area contributed by atoms with Crippen molar-refractivity contribution in [1.82, 2.24) is 5.32 Å². The molecular weight excluding hydrogens is 540 g/mol. The molecule has 3 rings (SSSR count). The van der Waals surface area contributed by atoms with Crippen LogP contribution in [0.5, 0.6) is 5.75 Å². The molecule has 1 N–H and O–H groups in total. The summed E-state index contributed by atoms with van der Waals surface area (Å²) in [7, 11) is 0. The van der Waals surface area contributed by atoms with Crippen LogP contribution in [0.25, 0.3) is 6.08 Å². The lowest BCUT2D eigenvalue weighted by atomic mass is 10.1. The maximum atomic E-state index is 13.1. The number of hydrogen-bond acceptors (Lipinski definition) is 4. The highest BCUT2D eigenvalue weighted by Gasteiger charge is 2.37. The van der Waals surface area contributed by atoms with Gasteiger partial charge in [0.1, 0.15) is 11.3 Å². The van der Waals surface area contributed by atoms with E-state index < -0.39 is 17.8 Å². The fourth-order valence-electron chi connectivity index (χ4n) is 2.81. The molecule has 1 aliphatic heterocycles. The van der Waals surface area contributed by atoms with Gasteiger partial charge in [0, 0.05) is 15.1 Å². The maximum absolute atomic E-state index is 13.1. The molecule has 2 aromatic carbocycles. The summed E-state index contributed by atoms with van der Waals surface area (Å²) in [5, 5.41) is 2.61. The van der Waals surface area contributed by atoms with Gasteiger partial charge in [-0.2, -0.15) is 0 Å². The third-order valence-electron chi connectivity index (χ3n) is 4.30. The topological polar surface area (TPSA) is 75.7 Å². The molecule has 1 fully saturated rings. The number of halogens is 3. The molecule has 0 unspecified atom stereocenters. The highest BCUT2D eigenvalue weighted by atomic mass is 79.9. The Labute approximate surface area is 195 Å². The number of imide groups is 2. The van der Waals surface area contributed by atoms with Gasteiger partial charge in [0.15, 0.2) is 0 Å². The predicted octanol–water partition coefficient (Wildman–Crippen LogP) is 5.63. The van der Waals surface area contributed by atoms with Crippen LogP contribution in [0, 0.1) is 6.92 Å². The van der Waals surface area contributed by atoms with Crippen LogP contribution < -0.4 is 15.0 Å². The average molecular weight is 557 g/mol. The van der Waals surface area contributed by atoms with E-state index >= 15 is 0 Å². The van der Waals surface area contributed by atoms with E-state index in [9.17, 15) is 14.4 Å². The highest BCUT2D eigenvalue weighted by Crippen LogP contribution is 2.35. The van der Waals surface area contributed by atoms with E-state index in [1.165, 1.54) is 12.1 Å². The standard InChI is InChI=1S/C21H17Br2ClN2O4/c1-3-6-30-18-12(7-13(22)9-16(18)23)8-15-19(27)25-21(29)26(20(15)28)14-5-4-11(2)17(24)10-14/h4-5,7-10H,3,6H2,1-2H3,(H,25,27,29)/b15-8+. The number of anilines is 1. The number of nitrogens with zero attached hydrogens (tertiary/aromatic N) is 1. The van der Waals surface area contributed by atoms with Gasteiger partial charge in [0.25, 0.3) is 11.8 Å². The third-order valence-corrected chi connectivity index (χ3v) is 5.76. The van der Waals surface area contributed by atoms with Crippen LogP contribution in [0.15, 0.2) is 44.9 Å². The van der Waals surface area contributed by atoms with E-state index in [-0.39, 0.29) is 11.3 Å². The lowest BCUT2D eigenvalue weighted by molar-refractivity contribution is -0.122. The van der Waals surface area contributed by atoms with Crippen molar-refractivity contribution in [2.24, 2.45) is 0 Å². The van der Waals surface area contributed by atoms with E-state index in [0.717, 1.165) is 21.4 Å². The normalized spacial score (nSPS) is 15.6. The Morgan fingerprint density at radius 1 is 1.17 bits per heavy atom. The Bertz CT molecular complexity index is 1080. The van der Waals surface area contributed by atoms with E-state index in [1.54, 1.807) is 24.3 Å². The minimum absolute atomic E-state index is 0.197. The summed E-state index contributed by atoms with van der Waals surface area (Å²) in [6, 6.07) is 7.50. The molecule has 0 atom stereocenters. The van der Waals surface area contributed by atoms with Crippen LogP contribution in [-0.2, 0) is 9.59 Å². The van der Waals surface area contributed by atoms with Crippen molar-refractivity contribution in [2.75, 3.05) is 11.5 Å². The third kappa shape index (κ3) is 4.61. The Morgan fingerprint density at radius 2 is 1.90 bits per heavy atom. The number of ether oxygens (including phenoxy) is 1. The van der Waals surface area contributed by atoms with Crippen LogP contribution in [0.1, 0.15) is 24.5 Å². The number of aryl methyl sites for hydroxylation is 1. The second kappa shape index (κ2) is 9.32. The first kappa shape index (κ1) is 22.5. The Kier molecular flexibility index (Phi) is 7.00. The quantitative estimate of drug-likeness (QED) is 0.383. The first-order valence-corrected chi connectivity index (χ1v) is 11.0. The molecule has 6 nitrogen and oxygen atoms in total. The van der Waals surface area contributed by atoms with Gasteiger partial charge in [-0.05, 0) is 65.2 Å². The smallest absolute Gasteiger partial charge is 0.335 e. The predicted molar refractivity (Wildman–Crippen MR) is 123 cm³/mol. The lowest BCUT2D eigenvalue weighted by Crippen LogP contribution is -2.54. The molecule has 156 valence electrons. The molecule has 0 bridgehead atoms. The van der Waals surface area contributed by atoms with Gasteiger partial charge in [0.2, 0.25) is 0 Å². The van der Waals surface area contributed by atoms with Crippen molar-refractivity contribution in [3.8, 4) is 5.75 Å². The molecule has 4 amide bonds. The summed E-state index contributed by atoms with van der Waals surface area (Å²) < 4.78 is 7.19. The van der Waals surface area contributed by atoms with Gasteiger partial charge in [-0.25, -0.2) is 9.69 Å². The fourth-order valence-corrected chi connectivity index (χ4v) is 4.36.